The molecule has 2 atom stereocenters. The third kappa shape index (κ3) is 3.53. The maximum atomic E-state index is 13.1. The second kappa shape index (κ2) is 7.73. The van der Waals surface area contributed by atoms with Crippen molar-refractivity contribution in [3.63, 3.8) is 0 Å². The second-order valence-corrected chi connectivity index (χ2v) is 7.78. The predicted molar refractivity (Wildman–Crippen MR) is 110 cm³/mol. The van der Waals surface area contributed by atoms with Crippen LogP contribution in [0.2, 0.25) is 5.02 Å². The van der Waals surface area contributed by atoms with Gasteiger partial charge in [-0.05, 0) is 36.8 Å². The first-order valence-electron chi connectivity index (χ1n) is 8.61. The molecule has 28 heavy (non-hydrogen) atoms. The van der Waals surface area contributed by atoms with Gasteiger partial charge >= 0.3 is 0 Å². The molecule has 0 radical (unpaired) electrons. The van der Waals surface area contributed by atoms with Crippen LogP contribution in [0.4, 0.5) is 5.69 Å². The summed E-state index contributed by atoms with van der Waals surface area (Å²) in [7, 11) is 1.57. The molecule has 7 nitrogen and oxygen atoms in total. The summed E-state index contributed by atoms with van der Waals surface area (Å²) in [6, 6.07) is 14.5. The topological polar surface area (TPSA) is 81.1 Å². The van der Waals surface area contributed by atoms with Gasteiger partial charge in [-0.3, -0.25) is 4.79 Å². The maximum absolute atomic E-state index is 13.1. The van der Waals surface area contributed by atoms with Gasteiger partial charge in [0.25, 0.3) is 0 Å². The van der Waals surface area contributed by atoms with Crippen molar-refractivity contribution in [2.75, 3.05) is 17.9 Å². The molecule has 2 unspecified atom stereocenters. The van der Waals surface area contributed by atoms with Crippen molar-refractivity contribution in [3.05, 3.63) is 64.9 Å². The average Bonchev–Trinajstić information content (AvgIpc) is 3.08. The van der Waals surface area contributed by atoms with Gasteiger partial charge in [0, 0.05) is 5.69 Å². The van der Waals surface area contributed by atoms with Crippen molar-refractivity contribution in [1.82, 2.24) is 14.9 Å². The van der Waals surface area contributed by atoms with E-state index in [1.165, 1.54) is 11.8 Å². The van der Waals surface area contributed by atoms with Crippen molar-refractivity contribution < 1.29 is 9.53 Å². The van der Waals surface area contributed by atoms with Crippen molar-refractivity contribution in [3.8, 4) is 5.75 Å². The van der Waals surface area contributed by atoms with Gasteiger partial charge in [0.15, 0.2) is 0 Å². The number of rotatable bonds is 4. The number of methoxy groups -OCH3 is 1. The number of benzene rings is 2. The number of aromatic nitrogens is 3. The first-order chi connectivity index (χ1) is 13.6. The largest absolute Gasteiger partial charge is 0.495 e. The molecule has 0 saturated carbocycles. The number of fused-ring (bicyclic) bond motifs is 1. The molecule has 144 valence electrons. The van der Waals surface area contributed by atoms with Crippen LogP contribution in [0, 0.1) is 6.92 Å². The van der Waals surface area contributed by atoms with Gasteiger partial charge in [-0.25, -0.2) is 4.68 Å². The number of hydrogen-bond donors (Lipinski definition) is 2. The lowest BCUT2D eigenvalue weighted by atomic mass is 10.0. The number of nitrogens with one attached hydrogen (secondary N) is 2. The van der Waals surface area contributed by atoms with Crippen LogP contribution in [0.25, 0.3) is 0 Å². The summed E-state index contributed by atoms with van der Waals surface area (Å²) >= 11 is 7.69. The summed E-state index contributed by atoms with van der Waals surface area (Å²) < 4.78 is 7.03. The summed E-state index contributed by atoms with van der Waals surface area (Å²) in [5, 5.41) is 11.9. The van der Waals surface area contributed by atoms with Crippen molar-refractivity contribution in [2.24, 2.45) is 0 Å². The highest BCUT2D eigenvalue weighted by Crippen LogP contribution is 2.39. The Bertz CT molecular complexity index is 1010. The smallest absolute Gasteiger partial charge is 0.240 e. The number of aryl methyl sites for hydroxylation is 1. The second-order valence-electron chi connectivity index (χ2n) is 6.26. The van der Waals surface area contributed by atoms with Gasteiger partial charge in [0.05, 0.1) is 18.2 Å². The number of hydrogen-bond acceptors (Lipinski definition) is 6. The molecule has 1 amide bonds. The number of para-hydroxylation sites is 1. The number of carbonyl (C=O) groups excluding carboxylic acids is 1. The molecule has 4 rings (SSSR count). The van der Waals surface area contributed by atoms with Gasteiger partial charge in [-0.1, -0.05) is 47.6 Å². The van der Waals surface area contributed by atoms with Gasteiger partial charge < -0.3 is 15.5 Å². The van der Waals surface area contributed by atoms with E-state index in [1.807, 2.05) is 49.4 Å². The van der Waals surface area contributed by atoms with Crippen molar-refractivity contribution >= 4 is 35.0 Å². The van der Waals surface area contributed by atoms with Gasteiger partial charge in [0.1, 0.15) is 16.8 Å². The lowest BCUT2D eigenvalue weighted by Gasteiger charge is -2.33. The lowest BCUT2D eigenvalue weighted by Crippen LogP contribution is -2.41. The number of thioether (sulfide) groups is 1. The fourth-order valence-electron chi connectivity index (χ4n) is 3.02. The van der Waals surface area contributed by atoms with Crippen LogP contribution >= 0.6 is 23.4 Å². The van der Waals surface area contributed by atoms with Crippen LogP contribution in [0.3, 0.4) is 0 Å². The standard InChI is InChI=1S/C19H18ClN5O2S/c1-11-22-23-19-25(11)24-16(12-8-9-15(27-2)14(20)10-12)17(28-19)18(26)21-13-6-4-3-5-7-13/h3-10,16-17,24H,1-2H3,(H,21,26). The van der Waals surface area contributed by atoms with E-state index in [0.29, 0.717) is 21.8 Å². The summed E-state index contributed by atoms with van der Waals surface area (Å²) in [5.74, 6) is 1.17. The molecule has 1 aliphatic rings. The molecular weight excluding hydrogens is 398 g/mol. The molecule has 1 aliphatic heterocycles. The zero-order valence-electron chi connectivity index (χ0n) is 15.2. The molecular formula is C19H18ClN5O2S. The van der Waals surface area contributed by atoms with Gasteiger partial charge in [0.2, 0.25) is 11.1 Å². The fourth-order valence-corrected chi connectivity index (χ4v) is 4.41. The highest BCUT2D eigenvalue weighted by Gasteiger charge is 2.37. The zero-order valence-corrected chi connectivity index (χ0v) is 16.8. The lowest BCUT2D eigenvalue weighted by molar-refractivity contribution is -0.116. The van der Waals surface area contributed by atoms with Crippen molar-refractivity contribution in [1.29, 1.82) is 0 Å². The van der Waals surface area contributed by atoms with Gasteiger partial charge in [-0.2, -0.15) is 0 Å². The third-order valence-corrected chi connectivity index (χ3v) is 5.94. The van der Waals surface area contributed by atoms with Crippen LogP contribution in [0.1, 0.15) is 17.4 Å². The Balaban J connectivity index is 1.69. The Kier molecular flexibility index (Phi) is 5.15. The quantitative estimate of drug-likeness (QED) is 0.677. The number of anilines is 1. The number of ether oxygens (including phenoxy) is 1. The Labute approximate surface area is 171 Å². The Morgan fingerprint density at radius 1 is 1.25 bits per heavy atom. The van der Waals surface area contributed by atoms with Crippen LogP contribution in [0.5, 0.6) is 5.75 Å². The molecule has 0 fully saturated rings. The van der Waals surface area contributed by atoms with E-state index in [0.717, 1.165) is 11.3 Å². The summed E-state index contributed by atoms with van der Waals surface area (Å²) in [4.78, 5) is 13.1. The van der Waals surface area contributed by atoms with Crippen LogP contribution in [0.15, 0.2) is 53.7 Å². The van der Waals surface area contributed by atoms with E-state index in [1.54, 1.807) is 17.9 Å². The first kappa shape index (κ1) is 18.6. The van der Waals surface area contributed by atoms with Crippen LogP contribution < -0.4 is 15.5 Å². The van der Waals surface area contributed by atoms with E-state index in [-0.39, 0.29) is 11.9 Å². The molecule has 1 aromatic heterocycles. The minimum Gasteiger partial charge on any atom is -0.495 e. The molecule has 0 spiro atoms. The minimum atomic E-state index is -0.472. The maximum Gasteiger partial charge on any atom is 0.240 e. The third-order valence-electron chi connectivity index (χ3n) is 4.43. The molecule has 2 aromatic carbocycles. The normalized spacial score (nSPS) is 18.1. The number of amides is 1. The Morgan fingerprint density at radius 3 is 2.75 bits per heavy atom. The van der Waals surface area contributed by atoms with Crippen LogP contribution in [-0.4, -0.2) is 33.1 Å². The number of nitrogens with zero attached hydrogens (tertiary/aromatic N) is 3. The predicted octanol–water partition coefficient (Wildman–Crippen LogP) is 3.65. The van der Waals surface area contributed by atoms with E-state index < -0.39 is 5.25 Å². The van der Waals surface area contributed by atoms with Crippen molar-refractivity contribution in [2.45, 2.75) is 23.4 Å². The van der Waals surface area contributed by atoms with E-state index in [4.69, 9.17) is 16.3 Å². The van der Waals surface area contributed by atoms with E-state index >= 15 is 0 Å². The molecule has 0 aliphatic carbocycles. The summed E-state index contributed by atoms with van der Waals surface area (Å²) in [5.41, 5.74) is 4.96. The highest BCUT2D eigenvalue weighted by atomic mass is 35.5. The van der Waals surface area contributed by atoms with Gasteiger partial charge in [-0.15, -0.1) is 10.2 Å². The monoisotopic (exact) mass is 415 g/mol. The number of halogens is 1. The molecule has 2 heterocycles. The van der Waals surface area contributed by atoms with E-state index in [9.17, 15) is 4.79 Å². The summed E-state index contributed by atoms with van der Waals surface area (Å²) in [6.45, 7) is 1.85. The fraction of sp³-hybridized carbons (Fsp3) is 0.211. The molecule has 0 bridgehead atoms. The average molecular weight is 416 g/mol. The summed E-state index contributed by atoms with van der Waals surface area (Å²) in [6.07, 6.45) is 0. The zero-order chi connectivity index (χ0) is 19.7. The molecule has 2 N–H and O–H groups in total. The molecule has 3 aromatic rings. The SMILES string of the molecule is COc1ccc(C2Nn3c(C)nnc3SC2C(=O)Nc2ccccc2)cc1Cl. The number of carbonyl (C=O) groups is 1. The molecule has 9 heteroatoms. The van der Waals surface area contributed by atoms with E-state index in [2.05, 4.69) is 20.9 Å². The molecule has 0 saturated heterocycles. The first-order valence-corrected chi connectivity index (χ1v) is 9.87. The van der Waals surface area contributed by atoms with Crippen LogP contribution in [-0.2, 0) is 4.79 Å². The minimum absolute atomic E-state index is 0.132. The highest BCUT2D eigenvalue weighted by molar-refractivity contribution is 8.00. The Hall–Kier alpha value is -2.71. The Morgan fingerprint density at radius 2 is 2.04 bits per heavy atom.